The van der Waals surface area contributed by atoms with Crippen LogP contribution in [0.5, 0.6) is 11.5 Å². The summed E-state index contributed by atoms with van der Waals surface area (Å²) in [6.07, 6.45) is 0. The number of phenolic OH excluding ortho intramolecular Hbond substituents is 1. The van der Waals surface area contributed by atoms with Gasteiger partial charge in [0.2, 0.25) is 0 Å². The summed E-state index contributed by atoms with van der Waals surface area (Å²) in [6.45, 7) is 6.45. The summed E-state index contributed by atoms with van der Waals surface area (Å²) in [7, 11) is 0. The van der Waals surface area contributed by atoms with Gasteiger partial charge in [-0.3, -0.25) is 0 Å². The molecule has 0 atom stereocenters. The Balaban J connectivity index is 2.55. The van der Waals surface area contributed by atoms with E-state index in [1.807, 2.05) is 57.2 Å². The van der Waals surface area contributed by atoms with E-state index < -0.39 is 0 Å². The summed E-state index contributed by atoms with van der Waals surface area (Å²) < 4.78 is 5.64. The molecule has 0 spiro atoms. The van der Waals surface area contributed by atoms with Crippen LogP contribution in [0.3, 0.4) is 0 Å². The monoisotopic (exact) mass is 242 g/mol. The average molecular weight is 242 g/mol. The van der Waals surface area contributed by atoms with E-state index >= 15 is 0 Å². The van der Waals surface area contributed by atoms with E-state index in [0.717, 1.165) is 28.0 Å². The first-order valence-corrected chi connectivity index (χ1v) is 6.16. The second kappa shape index (κ2) is 5.13. The van der Waals surface area contributed by atoms with Crippen LogP contribution in [0.4, 0.5) is 0 Å². The molecule has 0 aliphatic rings. The Hall–Kier alpha value is -1.96. The van der Waals surface area contributed by atoms with Crippen LogP contribution < -0.4 is 4.74 Å². The van der Waals surface area contributed by atoms with Crippen LogP contribution in [0.2, 0.25) is 0 Å². The van der Waals surface area contributed by atoms with E-state index in [9.17, 15) is 5.11 Å². The van der Waals surface area contributed by atoms with Crippen molar-refractivity contribution in [3.05, 3.63) is 47.5 Å². The average Bonchev–Trinajstić information content (AvgIpc) is 2.36. The molecule has 0 bridgehead atoms. The summed E-state index contributed by atoms with van der Waals surface area (Å²) in [5.41, 5.74) is 3.91. The molecule has 0 saturated carbocycles. The Labute approximate surface area is 108 Å². The van der Waals surface area contributed by atoms with Gasteiger partial charge in [0.25, 0.3) is 0 Å². The van der Waals surface area contributed by atoms with Gasteiger partial charge in [-0.2, -0.15) is 0 Å². The third-order valence-electron chi connectivity index (χ3n) is 2.99. The van der Waals surface area contributed by atoms with Crippen molar-refractivity contribution in [3.8, 4) is 22.6 Å². The van der Waals surface area contributed by atoms with Crippen molar-refractivity contribution >= 4 is 0 Å². The highest BCUT2D eigenvalue weighted by molar-refractivity contribution is 5.72. The zero-order valence-corrected chi connectivity index (χ0v) is 11.0. The Bertz CT molecular complexity index is 536. The fourth-order valence-electron chi connectivity index (χ4n) is 2.10. The number of hydrogen-bond donors (Lipinski definition) is 1. The fraction of sp³-hybridized carbons (Fsp3) is 0.250. The number of hydrogen-bond acceptors (Lipinski definition) is 2. The zero-order valence-electron chi connectivity index (χ0n) is 11.0. The second-order valence-electron chi connectivity index (χ2n) is 4.39. The van der Waals surface area contributed by atoms with Gasteiger partial charge in [0.1, 0.15) is 11.5 Å². The quantitative estimate of drug-likeness (QED) is 0.879. The highest BCUT2D eigenvalue weighted by Crippen LogP contribution is 2.34. The predicted molar refractivity (Wildman–Crippen MR) is 74.2 cm³/mol. The Morgan fingerprint density at radius 3 is 2.28 bits per heavy atom. The molecule has 0 aliphatic heterocycles. The van der Waals surface area contributed by atoms with E-state index in [1.165, 1.54) is 0 Å². The number of rotatable bonds is 3. The summed E-state index contributed by atoms with van der Waals surface area (Å²) >= 11 is 0. The largest absolute Gasteiger partial charge is 0.507 e. The molecule has 0 amide bonds. The smallest absolute Gasteiger partial charge is 0.127 e. The maximum atomic E-state index is 9.82. The predicted octanol–water partition coefficient (Wildman–Crippen LogP) is 4.07. The molecule has 0 radical (unpaired) electrons. The first-order chi connectivity index (χ1) is 8.63. The van der Waals surface area contributed by atoms with E-state index in [-0.39, 0.29) is 0 Å². The number of aryl methyl sites for hydroxylation is 2. The van der Waals surface area contributed by atoms with Crippen LogP contribution in [0.25, 0.3) is 11.1 Å². The van der Waals surface area contributed by atoms with E-state index in [1.54, 1.807) is 0 Å². The molecule has 2 rings (SSSR count). The third-order valence-corrected chi connectivity index (χ3v) is 2.99. The lowest BCUT2D eigenvalue weighted by Crippen LogP contribution is -1.94. The molecule has 94 valence electrons. The molecular formula is C16H18O2. The topological polar surface area (TPSA) is 29.5 Å². The van der Waals surface area contributed by atoms with E-state index in [0.29, 0.717) is 12.4 Å². The fourth-order valence-corrected chi connectivity index (χ4v) is 2.10. The summed E-state index contributed by atoms with van der Waals surface area (Å²) in [6, 6.07) is 11.9. The van der Waals surface area contributed by atoms with Crippen molar-refractivity contribution in [2.75, 3.05) is 6.61 Å². The van der Waals surface area contributed by atoms with Gasteiger partial charge >= 0.3 is 0 Å². The molecule has 0 unspecified atom stereocenters. The first-order valence-electron chi connectivity index (χ1n) is 6.16. The van der Waals surface area contributed by atoms with Gasteiger partial charge in [0, 0.05) is 5.56 Å². The van der Waals surface area contributed by atoms with Gasteiger partial charge in [0.15, 0.2) is 0 Å². The SMILES string of the molecule is CCOc1ccccc1-c1cc(C)c(O)c(C)c1. The highest BCUT2D eigenvalue weighted by atomic mass is 16.5. The minimum absolute atomic E-state index is 0.368. The summed E-state index contributed by atoms with van der Waals surface area (Å²) in [5, 5.41) is 9.82. The van der Waals surface area contributed by atoms with E-state index in [4.69, 9.17) is 4.74 Å². The van der Waals surface area contributed by atoms with Crippen molar-refractivity contribution in [1.29, 1.82) is 0 Å². The Kier molecular flexibility index (Phi) is 3.56. The highest BCUT2D eigenvalue weighted by Gasteiger charge is 2.09. The van der Waals surface area contributed by atoms with Crippen molar-refractivity contribution in [2.24, 2.45) is 0 Å². The number of ether oxygens (including phenoxy) is 1. The lowest BCUT2D eigenvalue weighted by atomic mass is 9.99. The van der Waals surface area contributed by atoms with Crippen LogP contribution in [-0.4, -0.2) is 11.7 Å². The standard InChI is InChI=1S/C16H18O2/c1-4-18-15-8-6-5-7-14(15)13-9-11(2)16(17)12(3)10-13/h5-10,17H,4H2,1-3H3. The van der Waals surface area contributed by atoms with Crippen molar-refractivity contribution in [1.82, 2.24) is 0 Å². The van der Waals surface area contributed by atoms with Gasteiger partial charge in [-0.25, -0.2) is 0 Å². The van der Waals surface area contributed by atoms with Crippen molar-refractivity contribution < 1.29 is 9.84 Å². The Morgan fingerprint density at radius 1 is 1.06 bits per heavy atom. The van der Waals surface area contributed by atoms with Crippen LogP contribution in [0.1, 0.15) is 18.1 Å². The second-order valence-corrected chi connectivity index (χ2v) is 4.39. The third kappa shape index (κ3) is 2.33. The van der Waals surface area contributed by atoms with Crippen molar-refractivity contribution in [2.45, 2.75) is 20.8 Å². The van der Waals surface area contributed by atoms with Gasteiger partial charge in [-0.05, 0) is 55.7 Å². The molecule has 0 fully saturated rings. The van der Waals surface area contributed by atoms with Crippen LogP contribution in [0.15, 0.2) is 36.4 Å². The maximum absolute atomic E-state index is 9.82. The molecule has 0 saturated heterocycles. The summed E-state index contributed by atoms with van der Waals surface area (Å²) in [5.74, 6) is 1.25. The number of aromatic hydroxyl groups is 1. The lowest BCUT2D eigenvalue weighted by Gasteiger charge is -2.12. The number of para-hydroxylation sites is 1. The number of benzene rings is 2. The normalized spacial score (nSPS) is 10.4. The van der Waals surface area contributed by atoms with Gasteiger partial charge < -0.3 is 9.84 Å². The van der Waals surface area contributed by atoms with Crippen molar-refractivity contribution in [3.63, 3.8) is 0 Å². The molecule has 2 nitrogen and oxygen atoms in total. The molecule has 2 aromatic rings. The molecule has 0 aromatic heterocycles. The molecule has 0 heterocycles. The molecule has 0 aliphatic carbocycles. The van der Waals surface area contributed by atoms with Crippen LogP contribution in [0, 0.1) is 13.8 Å². The Morgan fingerprint density at radius 2 is 1.67 bits per heavy atom. The molecule has 18 heavy (non-hydrogen) atoms. The van der Waals surface area contributed by atoms with Gasteiger partial charge in [0.05, 0.1) is 6.61 Å². The van der Waals surface area contributed by atoms with Crippen LogP contribution in [-0.2, 0) is 0 Å². The molecule has 1 N–H and O–H groups in total. The van der Waals surface area contributed by atoms with Gasteiger partial charge in [-0.15, -0.1) is 0 Å². The minimum atomic E-state index is 0.368. The maximum Gasteiger partial charge on any atom is 0.127 e. The number of phenols is 1. The zero-order chi connectivity index (χ0) is 13.1. The summed E-state index contributed by atoms with van der Waals surface area (Å²) in [4.78, 5) is 0. The lowest BCUT2D eigenvalue weighted by molar-refractivity contribution is 0.341. The molecule has 2 heteroatoms. The molecular weight excluding hydrogens is 224 g/mol. The van der Waals surface area contributed by atoms with Crippen LogP contribution >= 0.6 is 0 Å². The minimum Gasteiger partial charge on any atom is -0.507 e. The molecule has 2 aromatic carbocycles. The van der Waals surface area contributed by atoms with E-state index in [2.05, 4.69) is 0 Å². The first kappa shape index (κ1) is 12.5. The van der Waals surface area contributed by atoms with Gasteiger partial charge in [-0.1, -0.05) is 18.2 Å².